The second kappa shape index (κ2) is 7.71. The van der Waals surface area contributed by atoms with Gasteiger partial charge in [0.2, 0.25) is 0 Å². The molecule has 1 rings (SSSR count). The van der Waals surface area contributed by atoms with E-state index in [0.717, 1.165) is 18.6 Å². The van der Waals surface area contributed by atoms with Crippen LogP contribution in [0.4, 0.5) is 8.78 Å². The van der Waals surface area contributed by atoms with Gasteiger partial charge < -0.3 is 10.1 Å². The standard InChI is InChI=1S/C15H19F2NO3/c1-9(2)4-5-18-15(20)10(3)21-14-12(16)6-11(8-19)7-13(14)17/h6-10H,4-5H2,1-3H3,(H,18,20). The van der Waals surface area contributed by atoms with Gasteiger partial charge in [0.1, 0.15) is 6.29 Å². The van der Waals surface area contributed by atoms with E-state index in [9.17, 15) is 18.4 Å². The van der Waals surface area contributed by atoms with E-state index in [4.69, 9.17) is 4.74 Å². The van der Waals surface area contributed by atoms with Gasteiger partial charge in [0, 0.05) is 12.1 Å². The molecule has 1 unspecified atom stereocenters. The molecule has 0 heterocycles. The van der Waals surface area contributed by atoms with Crippen molar-refractivity contribution in [1.82, 2.24) is 5.32 Å². The number of halogens is 2. The maximum atomic E-state index is 13.6. The number of rotatable bonds is 7. The third kappa shape index (κ3) is 5.13. The number of aldehydes is 1. The molecule has 21 heavy (non-hydrogen) atoms. The van der Waals surface area contributed by atoms with Gasteiger partial charge in [-0.15, -0.1) is 0 Å². The fourth-order valence-electron chi connectivity index (χ4n) is 1.62. The molecule has 1 aromatic rings. The molecule has 0 aliphatic carbocycles. The molecule has 1 amide bonds. The summed E-state index contributed by atoms with van der Waals surface area (Å²) in [5.41, 5.74) is -0.133. The molecule has 0 aliphatic rings. The van der Waals surface area contributed by atoms with Gasteiger partial charge in [-0.1, -0.05) is 13.8 Å². The minimum absolute atomic E-state index is 0.133. The molecule has 116 valence electrons. The average Bonchev–Trinajstić information content (AvgIpc) is 2.41. The zero-order valence-electron chi connectivity index (χ0n) is 12.3. The Hall–Kier alpha value is -1.98. The Morgan fingerprint density at radius 3 is 2.33 bits per heavy atom. The number of hydrogen-bond acceptors (Lipinski definition) is 3. The molecule has 1 N–H and O–H groups in total. The average molecular weight is 299 g/mol. The smallest absolute Gasteiger partial charge is 0.260 e. The maximum absolute atomic E-state index is 13.6. The summed E-state index contributed by atoms with van der Waals surface area (Å²) in [6.07, 6.45) is 0.0935. The molecule has 0 aliphatic heterocycles. The third-order valence-corrected chi connectivity index (χ3v) is 2.84. The van der Waals surface area contributed by atoms with E-state index < -0.39 is 29.4 Å². The molecule has 0 radical (unpaired) electrons. The predicted octanol–water partition coefficient (Wildman–Crippen LogP) is 2.71. The molecule has 0 saturated carbocycles. The molecule has 0 saturated heterocycles. The molecule has 1 atom stereocenters. The first-order valence-electron chi connectivity index (χ1n) is 6.73. The number of carbonyl (C=O) groups is 2. The Balaban J connectivity index is 2.68. The highest BCUT2D eigenvalue weighted by Gasteiger charge is 2.20. The van der Waals surface area contributed by atoms with Gasteiger partial charge in [-0.25, -0.2) is 8.78 Å². The van der Waals surface area contributed by atoms with E-state index in [2.05, 4.69) is 5.32 Å². The number of hydrogen-bond donors (Lipinski definition) is 1. The van der Waals surface area contributed by atoms with E-state index in [-0.39, 0.29) is 5.56 Å². The first-order chi connectivity index (χ1) is 9.85. The first kappa shape index (κ1) is 17.1. The maximum Gasteiger partial charge on any atom is 0.260 e. The summed E-state index contributed by atoms with van der Waals surface area (Å²) >= 11 is 0. The van der Waals surface area contributed by atoms with Crippen LogP contribution in [-0.2, 0) is 4.79 Å². The van der Waals surface area contributed by atoms with Crippen molar-refractivity contribution in [2.45, 2.75) is 33.3 Å². The lowest BCUT2D eigenvalue weighted by molar-refractivity contribution is -0.127. The minimum atomic E-state index is -1.04. The molecule has 0 fully saturated rings. The van der Waals surface area contributed by atoms with E-state index in [0.29, 0.717) is 18.7 Å². The van der Waals surface area contributed by atoms with Crippen molar-refractivity contribution < 1.29 is 23.1 Å². The monoisotopic (exact) mass is 299 g/mol. The highest BCUT2D eigenvalue weighted by Crippen LogP contribution is 2.23. The lowest BCUT2D eigenvalue weighted by Gasteiger charge is -2.16. The van der Waals surface area contributed by atoms with Crippen LogP contribution >= 0.6 is 0 Å². The summed E-state index contributed by atoms with van der Waals surface area (Å²) in [7, 11) is 0. The van der Waals surface area contributed by atoms with Gasteiger partial charge in [0.25, 0.3) is 5.91 Å². The van der Waals surface area contributed by atoms with Gasteiger partial charge >= 0.3 is 0 Å². The summed E-state index contributed by atoms with van der Waals surface area (Å²) in [6, 6.07) is 1.71. The number of amides is 1. The van der Waals surface area contributed by atoms with Crippen LogP contribution in [0.2, 0.25) is 0 Å². The van der Waals surface area contributed by atoms with Crippen molar-refractivity contribution in [1.29, 1.82) is 0 Å². The molecule has 6 heteroatoms. The fraction of sp³-hybridized carbons (Fsp3) is 0.467. The van der Waals surface area contributed by atoms with Crippen LogP contribution in [0.5, 0.6) is 5.75 Å². The quantitative estimate of drug-likeness (QED) is 0.788. The van der Waals surface area contributed by atoms with E-state index in [1.165, 1.54) is 6.92 Å². The Bertz CT molecular complexity index is 495. The van der Waals surface area contributed by atoms with E-state index >= 15 is 0 Å². The van der Waals surface area contributed by atoms with Crippen molar-refractivity contribution in [3.63, 3.8) is 0 Å². The Kier molecular flexibility index (Phi) is 6.27. The van der Waals surface area contributed by atoms with Gasteiger partial charge in [-0.05, 0) is 31.4 Å². The lowest BCUT2D eigenvalue weighted by atomic mass is 10.1. The van der Waals surface area contributed by atoms with Crippen molar-refractivity contribution in [2.24, 2.45) is 5.92 Å². The molecule has 0 spiro atoms. The van der Waals surface area contributed by atoms with Crippen molar-refractivity contribution in [2.75, 3.05) is 6.54 Å². The highest BCUT2D eigenvalue weighted by molar-refractivity contribution is 5.80. The second-order valence-electron chi connectivity index (χ2n) is 5.17. The zero-order chi connectivity index (χ0) is 16.0. The number of ether oxygens (including phenoxy) is 1. The minimum Gasteiger partial charge on any atom is -0.475 e. The van der Waals surface area contributed by atoms with Gasteiger partial charge in [-0.3, -0.25) is 9.59 Å². The van der Waals surface area contributed by atoms with Crippen LogP contribution in [0.1, 0.15) is 37.6 Å². The number of nitrogens with one attached hydrogen (secondary N) is 1. The van der Waals surface area contributed by atoms with Crippen LogP contribution in [0, 0.1) is 17.6 Å². The summed E-state index contributed by atoms with van der Waals surface area (Å²) in [5.74, 6) is -2.70. The largest absolute Gasteiger partial charge is 0.475 e. The second-order valence-corrected chi connectivity index (χ2v) is 5.17. The van der Waals surface area contributed by atoms with Crippen molar-refractivity contribution >= 4 is 12.2 Å². The van der Waals surface area contributed by atoms with Crippen LogP contribution < -0.4 is 10.1 Å². The van der Waals surface area contributed by atoms with E-state index in [1.807, 2.05) is 13.8 Å². The van der Waals surface area contributed by atoms with Gasteiger partial charge in [-0.2, -0.15) is 0 Å². The van der Waals surface area contributed by atoms with Crippen LogP contribution in [0.15, 0.2) is 12.1 Å². The SMILES string of the molecule is CC(C)CCNC(=O)C(C)Oc1c(F)cc(C=O)cc1F. The van der Waals surface area contributed by atoms with Crippen molar-refractivity contribution in [3.05, 3.63) is 29.3 Å². The predicted molar refractivity (Wildman–Crippen MR) is 74.3 cm³/mol. The summed E-state index contributed by atoms with van der Waals surface area (Å²) in [5, 5.41) is 2.63. The highest BCUT2D eigenvalue weighted by atomic mass is 19.1. The first-order valence-corrected chi connectivity index (χ1v) is 6.73. The summed E-state index contributed by atoms with van der Waals surface area (Å²) < 4.78 is 32.3. The van der Waals surface area contributed by atoms with Crippen molar-refractivity contribution in [3.8, 4) is 5.75 Å². The fourth-order valence-corrected chi connectivity index (χ4v) is 1.62. The molecule has 4 nitrogen and oxygen atoms in total. The molecule has 0 bridgehead atoms. The molecular weight excluding hydrogens is 280 g/mol. The molecule has 1 aromatic carbocycles. The van der Waals surface area contributed by atoms with Crippen LogP contribution in [-0.4, -0.2) is 24.8 Å². The summed E-state index contributed by atoms with van der Waals surface area (Å²) in [6.45, 7) is 5.91. The number of carbonyl (C=O) groups excluding carboxylic acids is 2. The Morgan fingerprint density at radius 1 is 1.29 bits per heavy atom. The number of benzene rings is 1. The molecular formula is C15H19F2NO3. The Labute approximate surface area is 122 Å². The topological polar surface area (TPSA) is 55.4 Å². The van der Waals surface area contributed by atoms with Gasteiger partial charge in [0.05, 0.1) is 0 Å². The van der Waals surface area contributed by atoms with Crippen LogP contribution in [0.25, 0.3) is 0 Å². The normalized spacial score (nSPS) is 12.1. The molecule has 0 aromatic heterocycles. The Morgan fingerprint density at radius 2 is 1.86 bits per heavy atom. The van der Waals surface area contributed by atoms with Gasteiger partial charge in [0.15, 0.2) is 23.5 Å². The van der Waals surface area contributed by atoms with E-state index in [1.54, 1.807) is 0 Å². The summed E-state index contributed by atoms with van der Waals surface area (Å²) in [4.78, 5) is 22.2. The lowest BCUT2D eigenvalue weighted by Crippen LogP contribution is -2.37. The third-order valence-electron chi connectivity index (χ3n) is 2.84. The zero-order valence-corrected chi connectivity index (χ0v) is 12.3. The van der Waals surface area contributed by atoms with Crippen LogP contribution in [0.3, 0.4) is 0 Å².